The lowest BCUT2D eigenvalue weighted by Gasteiger charge is -2.26. The topological polar surface area (TPSA) is 85.2 Å². The Kier molecular flexibility index (Phi) is 6.09. The second kappa shape index (κ2) is 8.69. The van der Waals surface area contributed by atoms with Crippen molar-refractivity contribution < 1.29 is 9.59 Å². The molecule has 140 valence electrons. The number of aryl methyl sites for hydroxylation is 1. The largest absolute Gasteiger partial charge is 0.338 e. The van der Waals surface area contributed by atoms with Gasteiger partial charge in [0, 0.05) is 24.4 Å². The summed E-state index contributed by atoms with van der Waals surface area (Å²) in [7, 11) is 0. The monoisotopic (exact) mass is 382 g/mol. The van der Waals surface area contributed by atoms with E-state index in [1.807, 2.05) is 37.3 Å². The van der Waals surface area contributed by atoms with Crippen LogP contribution in [0.1, 0.15) is 34.9 Å². The van der Waals surface area contributed by atoms with Gasteiger partial charge in [-0.2, -0.15) is 5.26 Å². The molecule has 2 heterocycles. The minimum atomic E-state index is -0.102. The quantitative estimate of drug-likeness (QED) is 0.832. The Morgan fingerprint density at radius 1 is 1.30 bits per heavy atom. The van der Waals surface area contributed by atoms with Gasteiger partial charge >= 0.3 is 6.03 Å². The number of hydrogen-bond donors (Lipinski definition) is 2. The van der Waals surface area contributed by atoms with Crippen LogP contribution < -0.4 is 10.6 Å². The van der Waals surface area contributed by atoms with Gasteiger partial charge in [0.05, 0.1) is 12.1 Å². The predicted octanol–water partition coefficient (Wildman–Crippen LogP) is 3.28. The van der Waals surface area contributed by atoms with E-state index in [9.17, 15) is 14.9 Å². The van der Waals surface area contributed by atoms with E-state index in [1.165, 1.54) is 11.3 Å². The van der Waals surface area contributed by atoms with E-state index in [0.29, 0.717) is 49.5 Å². The number of urea groups is 1. The molecule has 2 aromatic rings. The van der Waals surface area contributed by atoms with Crippen LogP contribution in [0.3, 0.4) is 0 Å². The molecule has 0 radical (unpaired) electrons. The first-order chi connectivity index (χ1) is 13.1. The van der Waals surface area contributed by atoms with Crippen molar-refractivity contribution in [3.05, 3.63) is 51.9 Å². The van der Waals surface area contributed by atoms with Crippen LogP contribution in [-0.2, 0) is 24.2 Å². The maximum absolute atomic E-state index is 12.3. The first-order valence-corrected chi connectivity index (χ1v) is 9.85. The Morgan fingerprint density at radius 3 is 2.78 bits per heavy atom. The van der Waals surface area contributed by atoms with Gasteiger partial charge in [0.25, 0.3) is 0 Å². The Labute approximate surface area is 162 Å². The van der Waals surface area contributed by atoms with Crippen LogP contribution in [0.2, 0.25) is 0 Å². The highest BCUT2D eigenvalue weighted by Gasteiger charge is 2.27. The molecule has 6 nitrogen and oxygen atoms in total. The van der Waals surface area contributed by atoms with Crippen molar-refractivity contribution in [2.75, 3.05) is 18.4 Å². The molecule has 7 heteroatoms. The van der Waals surface area contributed by atoms with E-state index < -0.39 is 0 Å². The number of carbonyl (C=O) groups excluding carboxylic acids is 2. The average Bonchev–Trinajstić information content (AvgIpc) is 3.03. The molecule has 3 rings (SSSR count). The SMILES string of the molecule is CCNC(=O)N1CCc2c(sc(NC(=O)CCc3ccccc3)c2C#N)C1. The van der Waals surface area contributed by atoms with Gasteiger partial charge in [0.15, 0.2) is 0 Å². The second-order valence-corrected chi connectivity index (χ2v) is 7.47. The summed E-state index contributed by atoms with van der Waals surface area (Å²) < 4.78 is 0. The predicted molar refractivity (Wildman–Crippen MR) is 106 cm³/mol. The lowest BCUT2D eigenvalue weighted by Crippen LogP contribution is -2.42. The van der Waals surface area contributed by atoms with Crippen molar-refractivity contribution >= 4 is 28.3 Å². The molecule has 0 atom stereocenters. The summed E-state index contributed by atoms with van der Waals surface area (Å²) in [5.74, 6) is -0.102. The van der Waals surface area contributed by atoms with E-state index >= 15 is 0 Å². The van der Waals surface area contributed by atoms with Crippen LogP contribution in [-0.4, -0.2) is 29.9 Å². The molecule has 0 aliphatic carbocycles. The number of nitriles is 1. The van der Waals surface area contributed by atoms with Crippen LogP contribution >= 0.6 is 11.3 Å². The molecular weight excluding hydrogens is 360 g/mol. The van der Waals surface area contributed by atoms with Gasteiger partial charge in [-0.3, -0.25) is 4.79 Å². The number of thiophene rings is 1. The maximum Gasteiger partial charge on any atom is 0.317 e. The van der Waals surface area contributed by atoms with Crippen molar-refractivity contribution in [2.45, 2.75) is 32.7 Å². The Morgan fingerprint density at radius 2 is 2.07 bits per heavy atom. The molecule has 1 aromatic heterocycles. The maximum atomic E-state index is 12.3. The number of hydrogen-bond acceptors (Lipinski definition) is 4. The lowest BCUT2D eigenvalue weighted by molar-refractivity contribution is -0.116. The van der Waals surface area contributed by atoms with Crippen molar-refractivity contribution in [3.8, 4) is 6.07 Å². The molecule has 0 saturated heterocycles. The molecule has 3 amide bonds. The Bertz CT molecular complexity index is 870. The van der Waals surface area contributed by atoms with Gasteiger partial charge in [0.2, 0.25) is 5.91 Å². The third kappa shape index (κ3) is 4.47. The first-order valence-electron chi connectivity index (χ1n) is 9.03. The fraction of sp³-hybridized carbons (Fsp3) is 0.350. The van der Waals surface area contributed by atoms with Crippen LogP contribution in [0.15, 0.2) is 30.3 Å². The van der Waals surface area contributed by atoms with Gasteiger partial charge in [-0.15, -0.1) is 11.3 Å². The summed E-state index contributed by atoms with van der Waals surface area (Å²) in [6.45, 7) is 3.51. The lowest BCUT2D eigenvalue weighted by atomic mass is 10.0. The minimum absolute atomic E-state index is 0.0940. The number of fused-ring (bicyclic) bond motifs is 1. The number of rotatable bonds is 5. The van der Waals surface area contributed by atoms with Gasteiger partial charge in [-0.05, 0) is 30.9 Å². The molecule has 0 fully saturated rings. The van der Waals surface area contributed by atoms with Crippen molar-refractivity contribution in [1.29, 1.82) is 5.26 Å². The fourth-order valence-electron chi connectivity index (χ4n) is 3.14. The van der Waals surface area contributed by atoms with Crippen LogP contribution in [0, 0.1) is 11.3 Å². The fourth-order valence-corrected chi connectivity index (χ4v) is 4.37. The van der Waals surface area contributed by atoms with Gasteiger partial charge in [-0.25, -0.2) is 4.79 Å². The van der Waals surface area contributed by atoms with Gasteiger partial charge < -0.3 is 15.5 Å². The normalized spacial score (nSPS) is 12.8. The molecule has 1 aromatic carbocycles. The number of amides is 3. The molecule has 1 aliphatic heterocycles. The minimum Gasteiger partial charge on any atom is -0.338 e. The zero-order chi connectivity index (χ0) is 19.2. The molecule has 27 heavy (non-hydrogen) atoms. The van der Waals surface area contributed by atoms with Crippen LogP contribution in [0.5, 0.6) is 0 Å². The molecular formula is C20H22N4O2S. The van der Waals surface area contributed by atoms with Crippen LogP contribution in [0.4, 0.5) is 9.80 Å². The third-order valence-electron chi connectivity index (χ3n) is 4.52. The summed E-state index contributed by atoms with van der Waals surface area (Å²) >= 11 is 1.40. The third-order valence-corrected chi connectivity index (χ3v) is 5.65. The first kappa shape index (κ1) is 18.9. The van der Waals surface area contributed by atoms with Crippen molar-refractivity contribution in [3.63, 3.8) is 0 Å². The summed E-state index contributed by atoms with van der Waals surface area (Å²) in [6.07, 6.45) is 1.65. The number of anilines is 1. The highest BCUT2D eigenvalue weighted by atomic mass is 32.1. The zero-order valence-electron chi connectivity index (χ0n) is 15.2. The smallest absolute Gasteiger partial charge is 0.317 e. The van der Waals surface area contributed by atoms with E-state index in [1.54, 1.807) is 4.90 Å². The summed E-state index contributed by atoms with van der Waals surface area (Å²) in [5, 5.41) is 15.9. The number of carbonyl (C=O) groups is 2. The number of benzene rings is 1. The highest BCUT2D eigenvalue weighted by molar-refractivity contribution is 7.16. The van der Waals surface area contributed by atoms with Crippen LogP contribution in [0.25, 0.3) is 0 Å². The molecule has 2 N–H and O–H groups in total. The van der Waals surface area contributed by atoms with Crippen molar-refractivity contribution in [2.24, 2.45) is 0 Å². The van der Waals surface area contributed by atoms with E-state index in [-0.39, 0.29) is 11.9 Å². The highest BCUT2D eigenvalue weighted by Crippen LogP contribution is 2.36. The molecule has 0 saturated carbocycles. The van der Waals surface area contributed by atoms with Crippen molar-refractivity contribution in [1.82, 2.24) is 10.2 Å². The van der Waals surface area contributed by atoms with E-state index in [4.69, 9.17) is 0 Å². The Balaban J connectivity index is 1.67. The number of nitrogens with zero attached hydrogens (tertiary/aromatic N) is 2. The van der Waals surface area contributed by atoms with E-state index in [2.05, 4.69) is 16.7 Å². The molecule has 0 spiro atoms. The summed E-state index contributed by atoms with van der Waals surface area (Å²) in [4.78, 5) is 27.1. The Hall–Kier alpha value is -2.85. The summed E-state index contributed by atoms with van der Waals surface area (Å²) in [5.41, 5.74) is 2.61. The molecule has 0 unspecified atom stereocenters. The molecule has 0 bridgehead atoms. The zero-order valence-corrected chi connectivity index (χ0v) is 16.1. The van der Waals surface area contributed by atoms with E-state index in [0.717, 1.165) is 16.0 Å². The average molecular weight is 382 g/mol. The standard InChI is InChI=1S/C20H22N4O2S/c1-2-22-20(26)24-11-10-15-16(12-21)19(27-17(15)13-24)23-18(25)9-8-14-6-4-3-5-7-14/h3-7H,2,8-11,13H2,1H3,(H,22,26)(H,23,25). The van der Waals surface area contributed by atoms with Gasteiger partial charge in [0.1, 0.15) is 11.1 Å². The number of nitrogens with one attached hydrogen (secondary N) is 2. The molecule has 1 aliphatic rings. The van der Waals surface area contributed by atoms with Gasteiger partial charge in [-0.1, -0.05) is 30.3 Å². The summed E-state index contributed by atoms with van der Waals surface area (Å²) in [6, 6.07) is 12.0. The second-order valence-electron chi connectivity index (χ2n) is 6.36.